The molecule has 3 aromatic rings. The second-order valence-electron chi connectivity index (χ2n) is 7.02. The Morgan fingerprint density at radius 2 is 1.77 bits per heavy atom. The number of nitrogens with zero attached hydrogens (tertiary/aromatic N) is 4. The van der Waals surface area contributed by atoms with Crippen LogP contribution >= 0.6 is 0 Å². The predicted molar refractivity (Wildman–Crippen MR) is 106 cm³/mol. The fourth-order valence-corrected chi connectivity index (χ4v) is 3.52. The number of pyridine rings is 1. The summed E-state index contributed by atoms with van der Waals surface area (Å²) in [7, 11) is 0. The average molecular weight is 347 g/mol. The van der Waals surface area contributed by atoms with Crippen LogP contribution in [0.15, 0.2) is 61.2 Å². The molecule has 5 nitrogen and oxygen atoms in total. The Balaban J connectivity index is 1.29. The molecule has 4 rings (SSSR count). The standard InChI is InChI=1S/C21H25N5/c1-17-14-23-26(15-17)16-18-2-4-19(5-3-18)24-20-8-12-25(13-9-20)21-6-10-22-11-7-21/h2-7,10-11,14-15,20,24H,8-9,12-13,16H2,1H3. The lowest BCUT2D eigenvalue weighted by atomic mass is 10.0. The number of aryl methyl sites for hydroxylation is 1. The zero-order chi connectivity index (χ0) is 17.8. The number of hydrogen-bond acceptors (Lipinski definition) is 4. The molecule has 0 unspecified atom stereocenters. The minimum absolute atomic E-state index is 0.535. The molecule has 1 aromatic carbocycles. The van der Waals surface area contributed by atoms with E-state index in [1.807, 2.05) is 23.3 Å². The molecule has 3 heterocycles. The maximum absolute atomic E-state index is 4.35. The molecule has 1 aliphatic heterocycles. The predicted octanol–water partition coefficient (Wildman–Crippen LogP) is 3.72. The zero-order valence-electron chi connectivity index (χ0n) is 15.2. The molecule has 0 amide bonds. The number of hydrogen-bond donors (Lipinski definition) is 1. The molecule has 1 fully saturated rings. The van der Waals surface area contributed by atoms with Gasteiger partial charge >= 0.3 is 0 Å². The molecule has 1 saturated heterocycles. The summed E-state index contributed by atoms with van der Waals surface area (Å²) in [6.07, 6.45) is 10.0. The van der Waals surface area contributed by atoms with Crippen molar-refractivity contribution in [1.82, 2.24) is 14.8 Å². The van der Waals surface area contributed by atoms with Crippen LogP contribution in [0.1, 0.15) is 24.0 Å². The summed E-state index contributed by atoms with van der Waals surface area (Å²) < 4.78 is 1.98. The number of rotatable bonds is 5. The van der Waals surface area contributed by atoms with E-state index in [0.717, 1.165) is 32.5 Å². The highest BCUT2D eigenvalue weighted by Crippen LogP contribution is 2.21. The normalized spacial score (nSPS) is 15.2. The van der Waals surface area contributed by atoms with Gasteiger partial charge in [-0.15, -0.1) is 0 Å². The van der Waals surface area contributed by atoms with Crippen LogP contribution in [0.4, 0.5) is 11.4 Å². The van der Waals surface area contributed by atoms with E-state index in [9.17, 15) is 0 Å². The van der Waals surface area contributed by atoms with Gasteiger partial charge in [0.2, 0.25) is 0 Å². The van der Waals surface area contributed by atoms with Crippen LogP contribution in [0.5, 0.6) is 0 Å². The van der Waals surface area contributed by atoms with E-state index in [1.54, 1.807) is 0 Å². The second-order valence-corrected chi connectivity index (χ2v) is 7.02. The van der Waals surface area contributed by atoms with E-state index >= 15 is 0 Å². The van der Waals surface area contributed by atoms with Gasteiger partial charge in [0.05, 0.1) is 12.7 Å². The average Bonchev–Trinajstić information content (AvgIpc) is 3.09. The summed E-state index contributed by atoms with van der Waals surface area (Å²) in [4.78, 5) is 6.54. The lowest BCUT2D eigenvalue weighted by Crippen LogP contribution is -2.39. The SMILES string of the molecule is Cc1cnn(Cc2ccc(NC3CCN(c4ccncc4)CC3)cc2)c1. The van der Waals surface area contributed by atoms with Gasteiger partial charge in [0.25, 0.3) is 0 Å². The minimum atomic E-state index is 0.535. The summed E-state index contributed by atoms with van der Waals surface area (Å²) in [6, 6.07) is 13.5. The van der Waals surface area contributed by atoms with Crippen LogP contribution < -0.4 is 10.2 Å². The van der Waals surface area contributed by atoms with Gasteiger partial charge in [0.15, 0.2) is 0 Å². The molecule has 26 heavy (non-hydrogen) atoms. The van der Waals surface area contributed by atoms with Crippen LogP contribution in [0, 0.1) is 6.92 Å². The van der Waals surface area contributed by atoms with Gasteiger partial charge in [-0.05, 0) is 55.2 Å². The van der Waals surface area contributed by atoms with E-state index in [4.69, 9.17) is 0 Å². The highest BCUT2D eigenvalue weighted by molar-refractivity contribution is 5.47. The van der Waals surface area contributed by atoms with Gasteiger partial charge in [-0.3, -0.25) is 9.67 Å². The van der Waals surface area contributed by atoms with Crippen molar-refractivity contribution in [3.8, 4) is 0 Å². The lowest BCUT2D eigenvalue weighted by molar-refractivity contribution is 0.526. The van der Waals surface area contributed by atoms with E-state index in [0.29, 0.717) is 6.04 Å². The molecule has 1 N–H and O–H groups in total. The topological polar surface area (TPSA) is 46.0 Å². The van der Waals surface area contributed by atoms with Crippen molar-refractivity contribution < 1.29 is 0 Å². The lowest BCUT2D eigenvalue weighted by Gasteiger charge is -2.34. The Kier molecular flexibility index (Phi) is 4.86. The molecule has 2 aromatic heterocycles. The highest BCUT2D eigenvalue weighted by atomic mass is 15.3. The van der Waals surface area contributed by atoms with Crippen molar-refractivity contribution in [3.63, 3.8) is 0 Å². The van der Waals surface area contributed by atoms with Crippen LogP contribution in [0.2, 0.25) is 0 Å². The monoisotopic (exact) mass is 347 g/mol. The Bertz CT molecular complexity index is 817. The minimum Gasteiger partial charge on any atom is -0.382 e. The fraction of sp³-hybridized carbons (Fsp3) is 0.333. The first-order chi connectivity index (χ1) is 12.8. The molecule has 5 heteroatoms. The molecule has 0 saturated carbocycles. The number of benzene rings is 1. The molecular formula is C21H25N5. The number of aromatic nitrogens is 3. The van der Waals surface area contributed by atoms with Gasteiger partial charge in [-0.1, -0.05) is 12.1 Å². The highest BCUT2D eigenvalue weighted by Gasteiger charge is 2.19. The Morgan fingerprint density at radius 1 is 1.04 bits per heavy atom. The summed E-state index contributed by atoms with van der Waals surface area (Å²) in [5, 5.41) is 8.04. The van der Waals surface area contributed by atoms with E-state index in [2.05, 4.69) is 69.8 Å². The van der Waals surface area contributed by atoms with Crippen LogP contribution in [-0.2, 0) is 6.54 Å². The van der Waals surface area contributed by atoms with Crippen molar-refractivity contribution in [2.75, 3.05) is 23.3 Å². The van der Waals surface area contributed by atoms with Gasteiger partial charge in [0, 0.05) is 49.1 Å². The molecule has 0 bridgehead atoms. The molecule has 0 radical (unpaired) electrons. The molecule has 1 aliphatic rings. The van der Waals surface area contributed by atoms with Crippen molar-refractivity contribution in [3.05, 3.63) is 72.3 Å². The molecule has 134 valence electrons. The number of piperidine rings is 1. The quantitative estimate of drug-likeness (QED) is 0.764. The third kappa shape index (κ3) is 4.04. The number of anilines is 2. The smallest absolute Gasteiger partial charge is 0.0659 e. The molecule has 0 spiro atoms. The van der Waals surface area contributed by atoms with Crippen LogP contribution in [0.25, 0.3) is 0 Å². The van der Waals surface area contributed by atoms with Gasteiger partial charge in [-0.25, -0.2) is 0 Å². The summed E-state index contributed by atoms with van der Waals surface area (Å²) in [5.74, 6) is 0. The molecular weight excluding hydrogens is 322 g/mol. The van der Waals surface area contributed by atoms with Gasteiger partial charge in [0.1, 0.15) is 0 Å². The van der Waals surface area contributed by atoms with Crippen LogP contribution in [-0.4, -0.2) is 33.9 Å². The van der Waals surface area contributed by atoms with Crippen molar-refractivity contribution in [2.45, 2.75) is 32.4 Å². The van der Waals surface area contributed by atoms with E-state index in [-0.39, 0.29) is 0 Å². The van der Waals surface area contributed by atoms with Crippen molar-refractivity contribution in [2.24, 2.45) is 0 Å². The van der Waals surface area contributed by atoms with Crippen molar-refractivity contribution in [1.29, 1.82) is 0 Å². The Labute approximate surface area is 154 Å². The third-order valence-corrected chi connectivity index (χ3v) is 4.95. The maximum Gasteiger partial charge on any atom is 0.0659 e. The van der Waals surface area contributed by atoms with Gasteiger partial charge in [-0.2, -0.15) is 5.10 Å². The first kappa shape index (κ1) is 16.6. The number of nitrogens with one attached hydrogen (secondary N) is 1. The zero-order valence-corrected chi connectivity index (χ0v) is 15.2. The molecule has 0 atom stereocenters. The summed E-state index contributed by atoms with van der Waals surface area (Å²) in [5.41, 5.74) is 4.94. The third-order valence-electron chi connectivity index (χ3n) is 4.95. The fourth-order valence-electron chi connectivity index (χ4n) is 3.52. The first-order valence-corrected chi connectivity index (χ1v) is 9.26. The summed E-state index contributed by atoms with van der Waals surface area (Å²) in [6.45, 7) is 5.05. The van der Waals surface area contributed by atoms with Crippen molar-refractivity contribution >= 4 is 11.4 Å². The maximum atomic E-state index is 4.35. The van der Waals surface area contributed by atoms with Gasteiger partial charge < -0.3 is 10.2 Å². The van der Waals surface area contributed by atoms with E-state index in [1.165, 1.54) is 22.5 Å². The molecule has 0 aliphatic carbocycles. The Morgan fingerprint density at radius 3 is 2.42 bits per heavy atom. The Hall–Kier alpha value is -2.82. The largest absolute Gasteiger partial charge is 0.382 e. The van der Waals surface area contributed by atoms with Crippen LogP contribution in [0.3, 0.4) is 0 Å². The van der Waals surface area contributed by atoms with E-state index < -0.39 is 0 Å². The first-order valence-electron chi connectivity index (χ1n) is 9.26. The summed E-state index contributed by atoms with van der Waals surface area (Å²) >= 11 is 0. The second kappa shape index (κ2) is 7.60.